The van der Waals surface area contributed by atoms with Gasteiger partial charge in [-0.1, -0.05) is 11.6 Å². The second-order valence-electron chi connectivity index (χ2n) is 14.6. The first kappa shape index (κ1) is 33.3. The monoisotopic (exact) mass is 663 g/mol. The third-order valence-electron chi connectivity index (χ3n) is 9.92. The molecule has 3 aliphatic heterocycles. The zero-order chi connectivity index (χ0) is 33.1. The van der Waals surface area contributed by atoms with Crippen molar-refractivity contribution in [2.75, 3.05) is 50.7 Å². The number of aromatic nitrogens is 2. The summed E-state index contributed by atoms with van der Waals surface area (Å²) in [5.74, 6) is 3.00. The Kier molecular flexibility index (Phi) is 10.1. The number of halogens is 1. The van der Waals surface area contributed by atoms with Gasteiger partial charge in [-0.05, 0) is 101 Å². The van der Waals surface area contributed by atoms with Gasteiger partial charge in [-0.2, -0.15) is 5.26 Å². The Hall–Kier alpha value is -3.62. The van der Waals surface area contributed by atoms with E-state index in [0.717, 1.165) is 90.2 Å². The summed E-state index contributed by atoms with van der Waals surface area (Å²) in [6, 6.07) is 10.9. The minimum atomic E-state index is -0.457. The van der Waals surface area contributed by atoms with E-state index in [4.69, 9.17) is 26.3 Å². The van der Waals surface area contributed by atoms with Crippen LogP contribution in [0.5, 0.6) is 5.75 Å². The topological polar surface area (TPSA) is 124 Å². The SMILES string of the molecule is CC(C)(C)OC(=O)N1CC2CN(CC3CCN(c4ccc(C(=O)NC5CCC(Oc6ccc(C#N)c(Cl)c6)CC5)nn4)CC3)CC2C1. The van der Waals surface area contributed by atoms with Gasteiger partial charge in [-0.25, -0.2) is 4.79 Å². The molecular weight excluding hydrogens is 618 g/mol. The highest BCUT2D eigenvalue weighted by Gasteiger charge is 2.43. The van der Waals surface area contributed by atoms with Crippen molar-refractivity contribution in [1.82, 2.24) is 25.3 Å². The molecule has 4 fully saturated rings. The molecular formula is C35H46ClN7O4. The highest BCUT2D eigenvalue weighted by atomic mass is 35.5. The van der Waals surface area contributed by atoms with Crippen molar-refractivity contribution < 1.29 is 19.1 Å². The predicted octanol–water partition coefficient (Wildman–Crippen LogP) is 5.14. The van der Waals surface area contributed by atoms with E-state index < -0.39 is 5.60 Å². The summed E-state index contributed by atoms with van der Waals surface area (Å²) in [7, 11) is 0. The number of hydrogen-bond acceptors (Lipinski definition) is 9. The molecule has 2 atom stereocenters. The van der Waals surface area contributed by atoms with E-state index in [9.17, 15) is 9.59 Å². The van der Waals surface area contributed by atoms with Crippen LogP contribution in [0.15, 0.2) is 30.3 Å². The van der Waals surface area contributed by atoms with E-state index in [2.05, 4.69) is 31.4 Å². The van der Waals surface area contributed by atoms with Crippen LogP contribution in [0.4, 0.5) is 10.6 Å². The van der Waals surface area contributed by atoms with E-state index in [-0.39, 0.29) is 24.1 Å². The number of carbonyl (C=O) groups excluding carboxylic acids is 2. The van der Waals surface area contributed by atoms with Gasteiger partial charge in [0.25, 0.3) is 5.91 Å². The maximum Gasteiger partial charge on any atom is 0.410 e. The summed E-state index contributed by atoms with van der Waals surface area (Å²) in [6.45, 7) is 12.4. The number of nitriles is 1. The lowest BCUT2D eigenvalue weighted by Gasteiger charge is -2.34. The summed E-state index contributed by atoms with van der Waals surface area (Å²) >= 11 is 6.13. The molecule has 0 bridgehead atoms. The van der Waals surface area contributed by atoms with Crippen molar-refractivity contribution in [3.63, 3.8) is 0 Å². The number of anilines is 1. The number of ether oxygens (including phenoxy) is 2. The van der Waals surface area contributed by atoms with Crippen molar-refractivity contribution in [1.29, 1.82) is 5.26 Å². The van der Waals surface area contributed by atoms with Gasteiger partial charge in [-0.15, -0.1) is 10.2 Å². The molecule has 12 heteroatoms. The minimum absolute atomic E-state index is 0.0437. The number of hydrogen-bond donors (Lipinski definition) is 1. The number of benzene rings is 1. The van der Waals surface area contributed by atoms with Crippen LogP contribution in [0.2, 0.25) is 5.02 Å². The Labute approximate surface area is 282 Å². The number of fused-ring (bicyclic) bond motifs is 1. The van der Waals surface area contributed by atoms with Gasteiger partial charge in [0.05, 0.1) is 16.7 Å². The van der Waals surface area contributed by atoms with Crippen LogP contribution in [-0.4, -0.2) is 95.6 Å². The van der Waals surface area contributed by atoms with Gasteiger partial charge in [0.2, 0.25) is 0 Å². The van der Waals surface area contributed by atoms with Crippen LogP contribution in [0.25, 0.3) is 0 Å². The molecule has 2 aromatic rings. The fourth-order valence-electron chi connectivity index (χ4n) is 7.48. The molecule has 11 nitrogen and oxygen atoms in total. The van der Waals surface area contributed by atoms with E-state index in [1.807, 2.05) is 31.7 Å². The number of nitrogens with one attached hydrogen (secondary N) is 1. The smallest absolute Gasteiger partial charge is 0.410 e. The van der Waals surface area contributed by atoms with Crippen molar-refractivity contribution in [2.24, 2.45) is 17.8 Å². The fraction of sp³-hybridized carbons (Fsp3) is 0.629. The molecule has 6 rings (SSSR count). The summed E-state index contributed by atoms with van der Waals surface area (Å²) in [6.07, 6.45) is 5.31. The lowest BCUT2D eigenvalue weighted by Crippen LogP contribution is -2.41. The molecule has 0 spiro atoms. The fourth-order valence-corrected chi connectivity index (χ4v) is 7.69. The second kappa shape index (κ2) is 14.2. The highest BCUT2D eigenvalue weighted by molar-refractivity contribution is 6.31. The Morgan fingerprint density at radius 1 is 0.979 bits per heavy atom. The predicted molar refractivity (Wildman–Crippen MR) is 179 cm³/mol. The molecule has 2 unspecified atom stereocenters. The molecule has 3 saturated heterocycles. The van der Waals surface area contributed by atoms with Gasteiger partial charge >= 0.3 is 6.09 Å². The zero-order valence-corrected chi connectivity index (χ0v) is 28.4. The van der Waals surface area contributed by atoms with Crippen LogP contribution in [0.3, 0.4) is 0 Å². The van der Waals surface area contributed by atoms with E-state index in [1.165, 1.54) is 0 Å². The van der Waals surface area contributed by atoms with Crippen LogP contribution < -0.4 is 15.0 Å². The van der Waals surface area contributed by atoms with Crippen LogP contribution in [0, 0.1) is 29.1 Å². The lowest BCUT2D eigenvalue weighted by molar-refractivity contribution is 0.0273. The average Bonchev–Trinajstić information content (AvgIpc) is 3.61. The Balaban J connectivity index is 0.890. The number of carbonyl (C=O) groups is 2. The van der Waals surface area contributed by atoms with E-state index >= 15 is 0 Å². The molecule has 4 heterocycles. The Bertz CT molecular complexity index is 1450. The normalized spacial score (nSPS) is 25.3. The Morgan fingerprint density at radius 2 is 1.68 bits per heavy atom. The Morgan fingerprint density at radius 3 is 2.28 bits per heavy atom. The van der Waals surface area contributed by atoms with Crippen molar-refractivity contribution >= 4 is 29.4 Å². The number of rotatable bonds is 7. The highest BCUT2D eigenvalue weighted by Crippen LogP contribution is 2.34. The van der Waals surface area contributed by atoms with Gasteiger partial charge < -0.3 is 29.5 Å². The molecule has 47 heavy (non-hydrogen) atoms. The second-order valence-corrected chi connectivity index (χ2v) is 15.1. The third kappa shape index (κ3) is 8.46. The number of piperidine rings is 1. The van der Waals surface area contributed by atoms with Crippen molar-refractivity contribution in [3.05, 3.63) is 46.6 Å². The van der Waals surface area contributed by atoms with Gasteiger partial charge in [0, 0.05) is 57.9 Å². The van der Waals surface area contributed by atoms with Gasteiger partial charge in [0.15, 0.2) is 11.5 Å². The van der Waals surface area contributed by atoms with Crippen LogP contribution >= 0.6 is 11.6 Å². The molecule has 0 radical (unpaired) electrons. The summed E-state index contributed by atoms with van der Waals surface area (Å²) in [4.78, 5) is 32.2. The molecule has 2 amide bonds. The number of amides is 2. The van der Waals surface area contributed by atoms with Crippen LogP contribution in [0.1, 0.15) is 75.3 Å². The first-order valence-corrected chi connectivity index (χ1v) is 17.4. The quantitative estimate of drug-likeness (QED) is 0.429. The zero-order valence-electron chi connectivity index (χ0n) is 27.7. The number of nitrogens with zero attached hydrogens (tertiary/aromatic N) is 6. The minimum Gasteiger partial charge on any atom is -0.490 e. The summed E-state index contributed by atoms with van der Waals surface area (Å²) in [5.41, 5.74) is 0.305. The summed E-state index contributed by atoms with van der Waals surface area (Å²) < 4.78 is 11.7. The molecule has 1 aromatic heterocycles. The summed E-state index contributed by atoms with van der Waals surface area (Å²) in [5, 5.41) is 21.3. The molecule has 1 saturated carbocycles. The van der Waals surface area contributed by atoms with E-state index in [0.29, 0.717) is 39.8 Å². The molecule has 252 valence electrons. The van der Waals surface area contributed by atoms with Crippen molar-refractivity contribution in [3.8, 4) is 11.8 Å². The van der Waals surface area contributed by atoms with Gasteiger partial charge in [-0.3, -0.25) is 4.79 Å². The molecule has 1 aliphatic carbocycles. The maximum atomic E-state index is 12.9. The van der Waals surface area contributed by atoms with Gasteiger partial charge in [0.1, 0.15) is 17.4 Å². The first-order valence-electron chi connectivity index (χ1n) is 17.0. The van der Waals surface area contributed by atoms with Crippen LogP contribution in [-0.2, 0) is 4.74 Å². The largest absolute Gasteiger partial charge is 0.490 e. The lowest BCUT2D eigenvalue weighted by atomic mass is 9.93. The number of likely N-dealkylation sites (tertiary alicyclic amines) is 2. The average molecular weight is 664 g/mol. The van der Waals surface area contributed by atoms with E-state index in [1.54, 1.807) is 24.3 Å². The molecule has 1 N–H and O–H groups in total. The molecule has 4 aliphatic rings. The third-order valence-corrected chi connectivity index (χ3v) is 10.2. The molecule has 1 aromatic carbocycles. The van der Waals surface area contributed by atoms with Crippen molar-refractivity contribution in [2.45, 2.75) is 77.0 Å². The maximum absolute atomic E-state index is 12.9. The first-order chi connectivity index (χ1) is 22.5. The standard InChI is InChI=1S/C35H46ClN7O4/c1-35(2,3)47-34(45)43-21-25-19-41(20-26(25)22-43)18-23-12-14-42(15-13-23)32-11-10-31(39-40-32)33(44)38-27-5-8-28(9-6-27)46-29-7-4-24(17-37)30(36)16-29/h4,7,10-11,16,23,25-28H,5-6,8-9,12-15,18-22H2,1-3H3,(H,38,44).